The number of nitrogens with zero attached hydrogens (tertiary/aromatic N) is 4. The Balaban J connectivity index is 1.59. The average Bonchev–Trinajstić information content (AvgIpc) is 3.48. The zero-order chi connectivity index (χ0) is 23.2. The predicted molar refractivity (Wildman–Crippen MR) is 126 cm³/mol. The SMILES string of the molecule is COc1ccc(-c2nn(-c3ccccc3)cc2C(=O)NCCCn2ccnc2C)cc1OC. The number of nitrogens with one attached hydrogen (secondary N) is 1. The van der Waals surface area contributed by atoms with E-state index in [9.17, 15) is 4.79 Å². The molecule has 1 N–H and O–H groups in total. The van der Waals surface area contributed by atoms with Crippen molar-refractivity contribution in [2.45, 2.75) is 19.9 Å². The van der Waals surface area contributed by atoms with E-state index < -0.39 is 0 Å². The van der Waals surface area contributed by atoms with Gasteiger partial charge in [0.2, 0.25) is 0 Å². The van der Waals surface area contributed by atoms with Crippen molar-refractivity contribution in [1.82, 2.24) is 24.6 Å². The predicted octanol–water partition coefficient (Wildman–Crippen LogP) is 3.88. The number of amides is 1. The highest BCUT2D eigenvalue weighted by atomic mass is 16.5. The van der Waals surface area contributed by atoms with Gasteiger partial charge in [-0.2, -0.15) is 5.10 Å². The molecule has 8 heteroatoms. The molecule has 0 saturated carbocycles. The molecule has 0 saturated heterocycles. The van der Waals surface area contributed by atoms with E-state index in [-0.39, 0.29) is 5.91 Å². The normalized spacial score (nSPS) is 10.8. The molecule has 33 heavy (non-hydrogen) atoms. The van der Waals surface area contributed by atoms with E-state index >= 15 is 0 Å². The van der Waals surface area contributed by atoms with Gasteiger partial charge in [0.05, 0.1) is 25.5 Å². The van der Waals surface area contributed by atoms with Crippen molar-refractivity contribution in [3.8, 4) is 28.4 Å². The van der Waals surface area contributed by atoms with Crippen LogP contribution in [-0.4, -0.2) is 46.0 Å². The topological polar surface area (TPSA) is 83.2 Å². The van der Waals surface area contributed by atoms with E-state index in [0.717, 1.165) is 30.0 Å². The molecule has 0 aliphatic heterocycles. The van der Waals surface area contributed by atoms with Gasteiger partial charge >= 0.3 is 0 Å². The molecule has 0 unspecified atom stereocenters. The van der Waals surface area contributed by atoms with Gasteiger partial charge in [0.1, 0.15) is 11.5 Å². The Hall–Kier alpha value is -4.07. The van der Waals surface area contributed by atoms with Crippen LogP contribution in [0.3, 0.4) is 0 Å². The van der Waals surface area contributed by atoms with Gasteiger partial charge in [0, 0.05) is 37.2 Å². The maximum absolute atomic E-state index is 13.1. The third-order valence-electron chi connectivity index (χ3n) is 5.42. The van der Waals surface area contributed by atoms with Crippen LogP contribution in [0.5, 0.6) is 11.5 Å². The van der Waals surface area contributed by atoms with E-state index in [1.165, 1.54) is 0 Å². The summed E-state index contributed by atoms with van der Waals surface area (Å²) in [4.78, 5) is 17.4. The fourth-order valence-electron chi connectivity index (χ4n) is 3.64. The Morgan fingerprint density at radius 3 is 2.55 bits per heavy atom. The number of aromatic nitrogens is 4. The molecule has 1 amide bonds. The van der Waals surface area contributed by atoms with Crippen molar-refractivity contribution in [1.29, 1.82) is 0 Å². The summed E-state index contributed by atoms with van der Waals surface area (Å²) in [5.41, 5.74) is 2.70. The minimum absolute atomic E-state index is 0.177. The van der Waals surface area contributed by atoms with Gasteiger partial charge in [-0.25, -0.2) is 9.67 Å². The summed E-state index contributed by atoms with van der Waals surface area (Å²) in [5.74, 6) is 1.97. The lowest BCUT2D eigenvalue weighted by Crippen LogP contribution is -2.25. The van der Waals surface area contributed by atoms with Gasteiger partial charge in [0.15, 0.2) is 11.5 Å². The Labute approximate surface area is 192 Å². The number of hydrogen-bond donors (Lipinski definition) is 1. The zero-order valence-electron chi connectivity index (χ0n) is 19.0. The van der Waals surface area contributed by atoms with Crippen molar-refractivity contribution in [2.24, 2.45) is 0 Å². The number of benzene rings is 2. The fraction of sp³-hybridized carbons (Fsp3) is 0.240. The number of imidazole rings is 1. The molecule has 0 fully saturated rings. The Morgan fingerprint density at radius 2 is 1.85 bits per heavy atom. The molecule has 2 aromatic carbocycles. The van der Waals surface area contributed by atoms with Crippen LogP contribution in [0.1, 0.15) is 22.6 Å². The Bertz CT molecular complexity index is 1230. The molecule has 4 aromatic rings. The van der Waals surface area contributed by atoms with Crippen LogP contribution >= 0.6 is 0 Å². The fourth-order valence-corrected chi connectivity index (χ4v) is 3.64. The maximum atomic E-state index is 13.1. The lowest BCUT2D eigenvalue weighted by atomic mass is 10.1. The van der Waals surface area contributed by atoms with Crippen molar-refractivity contribution in [2.75, 3.05) is 20.8 Å². The van der Waals surface area contributed by atoms with E-state index in [2.05, 4.69) is 14.9 Å². The first-order chi connectivity index (χ1) is 16.1. The highest BCUT2D eigenvalue weighted by Crippen LogP contribution is 2.33. The number of methoxy groups -OCH3 is 2. The second-order valence-electron chi connectivity index (χ2n) is 7.52. The van der Waals surface area contributed by atoms with Crippen LogP contribution in [0.25, 0.3) is 16.9 Å². The van der Waals surface area contributed by atoms with Crippen molar-refractivity contribution in [3.63, 3.8) is 0 Å². The van der Waals surface area contributed by atoms with Crippen LogP contribution in [0.15, 0.2) is 67.1 Å². The van der Waals surface area contributed by atoms with Crippen LogP contribution < -0.4 is 14.8 Å². The molecule has 4 rings (SSSR count). The number of ether oxygens (including phenoxy) is 2. The number of rotatable bonds is 9. The molecule has 0 spiro atoms. The van der Waals surface area contributed by atoms with E-state index in [1.807, 2.05) is 61.7 Å². The standard InChI is InChI=1S/C25H27N5O3/c1-18-26-13-15-29(18)14-7-12-27-25(31)21-17-30(20-8-5-4-6-9-20)28-24(21)19-10-11-22(32-2)23(16-19)33-3/h4-6,8-11,13,15-17H,7,12,14H2,1-3H3,(H,27,31). The van der Waals surface area contributed by atoms with Crippen LogP contribution in [0.2, 0.25) is 0 Å². The highest BCUT2D eigenvalue weighted by Gasteiger charge is 2.20. The molecule has 0 aliphatic rings. The summed E-state index contributed by atoms with van der Waals surface area (Å²) in [6.45, 7) is 3.29. The van der Waals surface area contributed by atoms with Crippen LogP contribution in [0, 0.1) is 6.92 Å². The Kier molecular flexibility index (Phi) is 6.73. The number of para-hydroxylation sites is 1. The van der Waals surface area contributed by atoms with Crippen molar-refractivity contribution >= 4 is 5.91 Å². The summed E-state index contributed by atoms with van der Waals surface area (Å²) in [7, 11) is 3.17. The largest absolute Gasteiger partial charge is 0.493 e. The first-order valence-corrected chi connectivity index (χ1v) is 10.7. The summed E-state index contributed by atoms with van der Waals surface area (Å²) < 4.78 is 14.6. The van der Waals surface area contributed by atoms with Gasteiger partial charge in [-0.05, 0) is 43.7 Å². The van der Waals surface area contributed by atoms with Crippen molar-refractivity contribution in [3.05, 3.63) is 78.5 Å². The summed E-state index contributed by atoms with van der Waals surface area (Å²) in [5, 5.41) is 7.76. The molecular weight excluding hydrogens is 418 g/mol. The minimum Gasteiger partial charge on any atom is -0.493 e. The minimum atomic E-state index is -0.177. The summed E-state index contributed by atoms with van der Waals surface area (Å²) in [6.07, 6.45) is 6.27. The molecule has 170 valence electrons. The molecular formula is C25H27N5O3. The number of hydrogen-bond acceptors (Lipinski definition) is 5. The third-order valence-corrected chi connectivity index (χ3v) is 5.42. The maximum Gasteiger partial charge on any atom is 0.255 e. The molecule has 0 atom stereocenters. The first kappa shape index (κ1) is 22.1. The highest BCUT2D eigenvalue weighted by molar-refractivity contribution is 6.00. The van der Waals surface area contributed by atoms with Gasteiger partial charge in [0.25, 0.3) is 5.91 Å². The smallest absolute Gasteiger partial charge is 0.255 e. The first-order valence-electron chi connectivity index (χ1n) is 10.7. The molecule has 0 radical (unpaired) electrons. The Morgan fingerprint density at radius 1 is 1.06 bits per heavy atom. The van der Waals surface area contributed by atoms with E-state index in [1.54, 1.807) is 31.3 Å². The van der Waals surface area contributed by atoms with Gasteiger partial charge in [-0.1, -0.05) is 18.2 Å². The second-order valence-corrected chi connectivity index (χ2v) is 7.52. The molecule has 8 nitrogen and oxygen atoms in total. The van der Waals surface area contributed by atoms with Crippen LogP contribution in [0.4, 0.5) is 0 Å². The number of carbonyl (C=O) groups is 1. The quantitative estimate of drug-likeness (QED) is 0.395. The van der Waals surface area contributed by atoms with Gasteiger partial charge in [-0.3, -0.25) is 4.79 Å². The van der Waals surface area contributed by atoms with E-state index in [0.29, 0.717) is 29.3 Å². The van der Waals surface area contributed by atoms with Crippen LogP contribution in [-0.2, 0) is 6.54 Å². The summed E-state index contributed by atoms with van der Waals surface area (Å²) >= 11 is 0. The van der Waals surface area contributed by atoms with Gasteiger partial charge in [-0.15, -0.1) is 0 Å². The lowest BCUT2D eigenvalue weighted by molar-refractivity contribution is 0.0953. The molecule has 0 aliphatic carbocycles. The average molecular weight is 446 g/mol. The number of aryl methyl sites for hydroxylation is 2. The summed E-state index contributed by atoms with van der Waals surface area (Å²) in [6, 6.07) is 15.2. The lowest BCUT2D eigenvalue weighted by Gasteiger charge is -2.10. The molecule has 2 heterocycles. The van der Waals surface area contributed by atoms with Crippen molar-refractivity contribution < 1.29 is 14.3 Å². The molecule has 2 aromatic heterocycles. The number of carbonyl (C=O) groups excluding carboxylic acids is 1. The third kappa shape index (κ3) is 4.90. The van der Waals surface area contributed by atoms with E-state index in [4.69, 9.17) is 14.6 Å². The molecule has 0 bridgehead atoms. The van der Waals surface area contributed by atoms with Gasteiger partial charge < -0.3 is 19.4 Å². The second kappa shape index (κ2) is 10.0. The monoisotopic (exact) mass is 445 g/mol. The zero-order valence-corrected chi connectivity index (χ0v) is 19.0.